The maximum Gasteiger partial charge on any atom is 0.387 e. The van der Waals surface area contributed by atoms with Gasteiger partial charge < -0.3 is 19.9 Å². The lowest BCUT2D eigenvalue weighted by molar-refractivity contribution is -0.0497. The first-order valence-corrected chi connectivity index (χ1v) is 11.3. The third-order valence-corrected chi connectivity index (χ3v) is 6.95. The van der Waals surface area contributed by atoms with Crippen LogP contribution in [0.15, 0.2) is 53.6 Å². The molecule has 0 saturated carbocycles. The summed E-state index contributed by atoms with van der Waals surface area (Å²) in [4.78, 5) is 15.6. The number of halogens is 2. The second-order valence-corrected chi connectivity index (χ2v) is 8.95. The van der Waals surface area contributed by atoms with E-state index in [-0.39, 0.29) is 59.3 Å². The molecule has 2 heterocycles. The van der Waals surface area contributed by atoms with Crippen LogP contribution in [-0.4, -0.2) is 61.7 Å². The minimum absolute atomic E-state index is 0.0000850. The molecule has 12 heteroatoms. The van der Waals surface area contributed by atoms with Gasteiger partial charge in [-0.15, -0.1) is 0 Å². The monoisotopic (exact) mass is 479 g/mol. The van der Waals surface area contributed by atoms with Crippen LogP contribution in [0.2, 0.25) is 0 Å². The number of benzene rings is 2. The highest BCUT2D eigenvalue weighted by Gasteiger charge is 2.30. The Morgan fingerprint density at radius 1 is 1.18 bits per heavy atom. The number of carboxylic acids is 1. The number of aromatic carboxylic acids is 1. The van der Waals surface area contributed by atoms with Gasteiger partial charge in [-0.25, -0.2) is 13.2 Å². The maximum atomic E-state index is 13.4. The molecule has 1 saturated heterocycles. The molecule has 2 aromatic carbocycles. The van der Waals surface area contributed by atoms with E-state index in [1.54, 1.807) is 6.07 Å². The molecule has 1 aromatic heterocycles. The van der Waals surface area contributed by atoms with Gasteiger partial charge in [-0.05, 0) is 30.3 Å². The highest BCUT2D eigenvalue weighted by atomic mass is 32.2. The molecule has 0 spiro atoms. The molecular formula is C21H19F2N3O6S. The Labute approximate surface area is 187 Å². The standard InChI is InChI=1S/C21H19F2N3O6S/c22-21(23)32-13-5-6-16-15(11-13)19(25-17-4-2-1-3-14(17)20(27)28)18(12-24-16)33(29,30)26-7-9-31-10-8-26/h1-6,11-12,21H,7-10H2,(H,24,25)(H,27,28). The molecule has 0 aliphatic carbocycles. The molecule has 1 fully saturated rings. The summed E-state index contributed by atoms with van der Waals surface area (Å²) in [6.45, 7) is -2.39. The van der Waals surface area contributed by atoms with E-state index in [4.69, 9.17) is 4.74 Å². The zero-order valence-electron chi connectivity index (χ0n) is 17.1. The summed E-state index contributed by atoms with van der Waals surface area (Å²) in [5.74, 6) is -1.43. The highest BCUT2D eigenvalue weighted by molar-refractivity contribution is 7.89. The van der Waals surface area contributed by atoms with Crippen molar-refractivity contribution in [2.24, 2.45) is 0 Å². The van der Waals surface area contributed by atoms with E-state index < -0.39 is 22.6 Å². The fourth-order valence-corrected chi connectivity index (χ4v) is 5.01. The number of sulfonamides is 1. The Hall–Kier alpha value is -3.35. The van der Waals surface area contributed by atoms with Crippen molar-refractivity contribution in [1.29, 1.82) is 0 Å². The normalized spacial score (nSPS) is 15.0. The number of morpholine rings is 1. The van der Waals surface area contributed by atoms with E-state index in [1.807, 2.05) is 0 Å². The molecule has 3 aromatic rings. The number of hydrogen-bond donors (Lipinski definition) is 2. The summed E-state index contributed by atoms with van der Waals surface area (Å²) in [5, 5.41) is 12.6. The Kier molecular flexibility index (Phi) is 6.40. The molecule has 174 valence electrons. The van der Waals surface area contributed by atoms with E-state index in [9.17, 15) is 27.1 Å². The highest BCUT2D eigenvalue weighted by Crippen LogP contribution is 2.36. The quantitative estimate of drug-likeness (QED) is 0.530. The smallest absolute Gasteiger partial charge is 0.387 e. The fourth-order valence-electron chi connectivity index (χ4n) is 3.49. The Balaban J connectivity index is 1.93. The van der Waals surface area contributed by atoms with Crippen LogP contribution in [0.5, 0.6) is 5.75 Å². The van der Waals surface area contributed by atoms with Gasteiger partial charge in [-0.1, -0.05) is 12.1 Å². The fraction of sp³-hybridized carbons (Fsp3) is 0.238. The van der Waals surface area contributed by atoms with Gasteiger partial charge in [0.1, 0.15) is 10.6 Å². The second-order valence-electron chi connectivity index (χ2n) is 7.05. The number of pyridine rings is 1. The zero-order chi connectivity index (χ0) is 23.6. The van der Waals surface area contributed by atoms with Crippen molar-refractivity contribution in [1.82, 2.24) is 9.29 Å². The molecule has 1 aliphatic rings. The number of anilines is 2. The molecular weight excluding hydrogens is 460 g/mol. The van der Waals surface area contributed by atoms with E-state index in [0.29, 0.717) is 5.52 Å². The number of hydrogen-bond acceptors (Lipinski definition) is 7. The average molecular weight is 479 g/mol. The molecule has 4 rings (SSSR count). The first-order valence-electron chi connectivity index (χ1n) is 9.82. The van der Waals surface area contributed by atoms with E-state index in [1.165, 1.54) is 40.7 Å². The first kappa shape index (κ1) is 22.8. The largest absolute Gasteiger partial charge is 0.478 e. The van der Waals surface area contributed by atoms with Gasteiger partial charge in [0.25, 0.3) is 0 Å². The molecule has 0 atom stereocenters. The number of carboxylic acid groups (broad SMARTS) is 1. The Bertz CT molecular complexity index is 1300. The van der Waals surface area contributed by atoms with Crippen LogP contribution >= 0.6 is 0 Å². The predicted molar refractivity (Wildman–Crippen MR) is 115 cm³/mol. The zero-order valence-corrected chi connectivity index (χ0v) is 17.9. The second kappa shape index (κ2) is 9.25. The third-order valence-electron chi connectivity index (χ3n) is 5.03. The molecule has 9 nitrogen and oxygen atoms in total. The van der Waals surface area contributed by atoms with Gasteiger partial charge in [-0.2, -0.15) is 13.1 Å². The lowest BCUT2D eigenvalue weighted by Crippen LogP contribution is -2.40. The van der Waals surface area contributed by atoms with Gasteiger partial charge in [0.05, 0.1) is 35.7 Å². The van der Waals surface area contributed by atoms with Crippen LogP contribution in [0.25, 0.3) is 10.9 Å². The molecule has 0 unspecified atom stereocenters. The van der Waals surface area contributed by atoms with Crippen LogP contribution < -0.4 is 10.1 Å². The summed E-state index contributed by atoms with van der Waals surface area (Å²) in [6.07, 6.45) is 1.16. The third kappa shape index (κ3) is 4.72. The van der Waals surface area contributed by atoms with Crippen molar-refractivity contribution < 1.29 is 36.6 Å². The summed E-state index contributed by atoms with van der Waals surface area (Å²) in [5.41, 5.74) is 0.320. The first-order chi connectivity index (χ1) is 15.8. The predicted octanol–water partition coefficient (Wildman–Crippen LogP) is 3.30. The lowest BCUT2D eigenvalue weighted by atomic mass is 10.1. The van der Waals surface area contributed by atoms with Crippen molar-refractivity contribution in [3.8, 4) is 5.75 Å². The molecule has 1 aliphatic heterocycles. The van der Waals surface area contributed by atoms with E-state index in [0.717, 1.165) is 6.20 Å². The molecule has 2 N–H and O–H groups in total. The number of nitrogens with zero attached hydrogens (tertiary/aromatic N) is 2. The number of para-hydroxylation sites is 1. The van der Waals surface area contributed by atoms with E-state index in [2.05, 4.69) is 15.0 Å². The summed E-state index contributed by atoms with van der Waals surface area (Å²) in [7, 11) is -4.08. The van der Waals surface area contributed by atoms with Gasteiger partial charge >= 0.3 is 12.6 Å². The van der Waals surface area contributed by atoms with Crippen molar-refractivity contribution in [2.75, 3.05) is 31.6 Å². The summed E-state index contributed by atoms with van der Waals surface area (Å²) >= 11 is 0. The van der Waals surface area contributed by atoms with Gasteiger partial charge in [-0.3, -0.25) is 4.98 Å². The SMILES string of the molecule is O=C(O)c1ccccc1Nc1c(S(=O)(=O)N2CCOCC2)cnc2ccc(OC(F)F)cc12. The number of fused-ring (bicyclic) bond motifs is 1. The average Bonchev–Trinajstić information content (AvgIpc) is 2.79. The number of nitrogens with one attached hydrogen (secondary N) is 1. The number of alkyl halides is 2. The van der Waals surface area contributed by atoms with Gasteiger partial charge in [0.2, 0.25) is 10.0 Å². The van der Waals surface area contributed by atoms with Crippen molar-refractivity contribution >= 4 is 38.3 Å². The van der Waals surface area contributed by atoms with Crippen LogP contribution in [0.4, 0.5) is 20.2 Å². The van der Waals surface area contributed by atoms with Gasteiger partial charge in [0, 0.05) is 24.7 Å². The molecule has 0 amide bonds. The Morgan fingerprint density at radius 3 is 2.61 bits per heavy atom. The van der Waals surface area contributed by atoms with Crippen LogP contribution in [0, 0.1) is 0 Å². The lowest BCUT2D eigenvalue weighted by Gasteiger charge is -2.27. The summed E-state index contributed by atoms with van der Waals surface area (Å²) < 4.78 is 63.4. The van der Waals surface area contributed by atoms with Crippen LogP contribution in [0.3, 0.4) is 0 Å². The molecule has 0 bridgehead atoms. The minimum atomic E-state index is -4.08. The van der Waals surface area contributed by atoms with Crippen LogP contribution in [0.1, 0.15) is 10.4 Å². The number of carbonyl (C=O) groups is 1. The van der Waals surface area contributed by atoms with Crippen molar-refractivity contribution in [3.63, 3.8) is 0 Å². The van der Waals surface area contributed by atoms with Gasteiger partial charge in [0.15, 0.2) is 0 Å². The topological polar surface area (TPSA) is 118 Å². The number of rotatable bonds is 7. The number of aromatic nitrogens is 1. The van der Waals surface area contributed by atoms with E-state index >= 15 is 0 Å². The molecule has 0 radical (unpaired) electrons. The summed E-state index contributed by atoms with van der Waals surface area (Å²) in [6, 6.07) is 9.87. The molecule has 33 heavy (non-hydrogen) atoms. The Morgan fingerprint density at radius 2 is 1.91 bits per heavy atom. The van der Waals surface area contributed by atoms with Crippen molar-refractivity contribution in [2.45, 2.75) is 11.5 Å². The van der Waals surface area contributed by atoms with Crippen molar-refractivity contribution in [3.05, 3.63) is 54.2 Å². The number of ether oxygens (including phenoxy) is 2. The maximum absolute atomic E-state index is 13.4. The van der Waals surface area contributed by atoms with Crippen LogP contribution in [-0.2, 0) is 14.8 Å². The minimum Gasteiger partial charge on any atom is -0.478 e.